The number of unbranched alkanes of at least 4 members (excludes halogenated alkanes) is 1. The molecule has 3 rings (SSSR count). The zero-order chi connectivity index (χ0) is 25.8. The van der Waals surface area contributed by atoms with Gasteiger partial charge in [0.25, 0.3) is 17.4 Å². The van der Waals surface area contributed by atoms with Crippen molar-refractivity contribution in [2.75, 3.05) is 24.2 Å². The van der Waals surface area contributed by atoms with Gasteiger partial charge in [-0.15, -0.1) is 0 Å². The molecule has 2 aromatic rings. The van der Waals surface area contributed by atoms with Gasteiger partial charge in [-0.2, -0.15) is 5.01 Å². The molecule has 1 unspecified atom stereocenters. The minimum Gasteiger partial charge on any atom is -0.383 e. The zero-order valence-electron chi connectivity index (χ0n) is 20.1. The Kier molecular flexibility index (Phi) is 7.62. The number of imide groups is 1. The number of hydrazine groups is 1. The number of anilines is 2. The van der Waals surface area contributed by atoms with Gasteiger partial charge in [-0.3, -0.25) is 29.4 Å². The monoisotopic (exact) mass is 485 g/mol. The summed E-state index contributed by atoms with van der Waals surface area (Å²) in [5, 5.41) is 3.29. The number of amides is 4. The van der Waals surface area contributed by atoms with Crippen LogP contribution in [0.1, 0.15) is 38.7 Å². The van der Waals surface area contributed by atoms with Crippen LogP contribution in [0.2, 0.25) is 0 Å². The van der Waals surface area contributed by atoms with Crippen molar-refractivity contribution in [3.05, 3.63) is 56.7 Å². The van der Waals surface area contributed by atoms with Gasteiger partial charge >= 0.3 is 11.7 Å². The number of carbonyl (C=O) groups excluding carboxylic acids is 3. The minimum atomic E-state index is -1.18. The summed E-state index contributed by atoms with van der Waals surface area (Å²) in [7, 11) is 1.45. The third-order valence-electron chi connectivity index (χ3n) is 5.97. The second-order valence-corrected chi connectivity index (χ2v) is 8.78. The fraction of sp³-hybridized carbons (Fsp3) is 0.435. The topological polar surface area (TPSA) is 163 Å². The molecule has 1 saturated heterocycles. The first-order valence-corrected chi connectivity index (χ1v) is 11.4. The fourth-order valence-electron chi connectivity index (χ4n) is 3.93. The number of nitrogens with zero attached hydrogens (tertiary/aromatic N) is 3. The van der Waals surface area contributed by atoms with E-state index in [1.54, 1.807) is 6.92 Å². The maximum atomic E-state index is 12.9. The lowest BCUT2D eigenvalue weighted by Gasteiger charge is -2.23. The number of nitrogens with two attached hydrogens (primary N) is 1. The Balaban J connectivity index is 1.68. The van der Waals surface area contributed by atoms with Crippen LogP contribution in [0.15, 0.2) is 39.9 Å². The van der Waals surface area contributed by atoms with Gasteiger partial charge in [-0.05, 0) is 31.7 Å². The molecule has 4 amide bonds. The lowest BCUT2D eigenvalue weighted by molar-refractivity contribution is -0.138. The largest absolute Gasteiger partial charge is 0.383 e. The number of benzene rings is 1. The van der Waals surface area contributed by atoms with E-state index in [9.17, 15) is 24.0 Å². The molecule has 2 heterocycles. The molecule has 0 saturated carbocycles. The summed E-state index contributed by atoms with van der Waals surface area (Å²) in [5.41, 5.74) is 6.79. The number of hydrogen-bond donors (Lipinski definition) is 4. The van der Waals surface area contributed by atoms with Crippen LogP contribution in [0.4, 0.5) is 16.3 Å². The van der Waals surface area contributed by atoms with Crippen LogP contribution >= 0.6 is 0 Å². The summed E-state index contributed by atoms with van der Waals surface area (Å²) < 4.78 is 1.24. The number of nitrogen functional groups attached to an aromatic ring is 1. The van der Waals surface area contributed by atoms with Gasteiger partial charge < -0.3 is 16.0 Å². The van der Waals surface area contributed by atoms with Crippen LogP contribution in [0, 0.1) is 0 Å². The number of nitrogens with one attached hydrogen (secondary N) is 3. The molecule has 12 heteroatoms. The molecule has 35 heavy (non-hydrogen) atoms. The van der Waals surface area contributed by atoms with Crippen LogP contribution in [0.3, 0.4) is 0 Å². The van der Waals surface area contributed by atoms with E-state index < -0.39 is 41.2 Å². The summed E-state index contributed by atoms with van der Waals surface area (Å²) in [4.78, 5) is 66.0. The SMILES string of the molecule is CCCCn1c(N)c(N(C)CC(=O)NN2C(=O)NC(C)(CCc3ccccc3)C2=O)c(=O)[nH]c1=O. The van der Waals surface area contributed by atoms with Crippen LogP contribution in [0.5, 0.6) is 0 Å². The predicted molar refractivity (Wildman–Crippen MR) is 131 cm³/mol. The molecule has 1 aliphatic rings. The van der Waals surface area contributed by atoms with E-state index in [0.29, 0.717) is 30.8 Å². The van der Waals surface area contributed by atoms with E-state index >= 15 is 0 Å². The first-order valence-electron chi connectivity index (χ1n) is 11.4. The smallest absolute Gasteiger partial charge is 0.344 e. The van der Waals surface area contributed by atoms with Gasteiger partial charge in [0, 0.05) is 13.6 Å². The number of urea groups is 1. The Morgan fingerprint density at radius 2 is 1.86 bits per heavy atom. The third kappa shape index (κ3) is 5.53. The van der Waals surface area contributed by atoms with Crippen LogP contribution in [-0.4, -0.2) is 51.5 Å². The number of hydrogen-bond acceptors (Lipinski definition) is 7. The highest BCUT2D eigenvalue weighted by molar-refractivity contribution is 6.07. The van der Waals surface area contributed by atoms with E-state index in [1.165, 1.54) is 16.5 Å². The second-order valence-electron chi connectivity index (χ2n) is 8.78. The molecule has 1 atom stereocenters. The number of aryl methyl sites for hydroxylation is 1. The predicted octanol–water partition coefficient (Wildman–Crippen LogP) is 0.330. The van der Waals surface area contributed by atoms with E-state index in [2.05, 4.69) is 15.7 Å². The summed E-state index contributed by atoms with van der Waals surface area (Å²) in [5.74, 6) is -1.36. The van der Waals surface area contributed by atoms with E-state index in [4.69, 9.17) is 5.73 Å². The molecule has 1 aliphatic heterocycles. The van der Waals surface area contributed by atoms with Crippen LogP contribution in [0.25, 0.3) is 0 Å². The van der Waals surface area contributed by atoms with Crippen molar-refractivity contribution in [2.45, 2.75) is 51.6 Å². The standard InChI is InChI=1S/C23H31N7O5/c1-4-5-13-29-18(24)17(19(32)25-21(29)34)28(3)14-16(31)27-30-20(33)23(2,26-22(30)35)12-11-15-9-7-6-8-10-15/h6-10H,4-5,11-14,24H2,1-3H3,(H,26,35)(H,27,31)(H,25,32,34). The number of carbonyl (C=O) groups is 3. The van der Waals surface area contributed by atoms with Crippen molar-refractivity contribution in [3.8, 4) is 0 Å². The summed E-state index contributed by atoms with van der Waals surface area (Å²) in [6.45, 7) is 3.48. The molecule has 1 fully saturated rings. The van der Waals surface area contributed by atoms with Crippen molar-refractivity contribution in [1.29, 1.82) is 0 Å². The highest BCUT2D eigenvalue weighted by atomic mass is 16.2. The first kappa shape index (κ1) is 25.5. The highest BCUT2D eigenvalue weighted by Crippen LogP contribution is 2.22. The number of aromatic amines is 1. The summed E-state index contributed by atoms with van der Waals surface area (Å²) in [6.07, 6.45) is 2.40. The van der Waals surface area contributed by atoms with Gasteiger partial charge in [-0.25, -0.2) is 9.59 Å². The van der Waals surface area contributed by atoms with Crippen molar-refractivity contribution < 1.29 is 14.4 Å². The molecular formula is C23H31N7O5. The molecule has 1 aromatic heterocycles. The average Bonchev–Trinajstić information content (AvgIpc) is 3.01. The summed E-state index contributed by atoms with van der Waals surface area (Å²) >= 11 is 0. The molecular weight excluding hydrogens is 454 g/mol. The maximum absolute atomic E-state index is 12.9. The molecule has 188 valence electrons. The molecule has 0 radical (unpaired) electrons. The average molecular weight is 486 g/mol. The molecule has 0 aliphatic carbocycles. The Labute approximate surface area is 202 Å². The fourth-order valence-corrected chi connectivity index (χ4v) is 3.93. The van der Waals surface area contributed by atoms with Gasteiger partial charge in [-0.1, -0.05) is 43.7 Å². The normalized spacial score (nSPS) is 17.4. The van der Waals surface area contributed by atoms with Crippen LogP contribution < -0.4 is 32.6 Å². The number of rotatable bonds is 10. The lowest BCUT2D eigenvalue weighted by atomic mass is 9.93. The Morgan fingerprint density at radius 1 is 1.17 bits per heavy atom. The molecule has 1 aromatic carbocycles. The summed E-state index contributed by atoms with van der Waals surface area (Å²) in [6, 6.07) is 8.79. The second kappa shape index (κ2) is 10.5. The number of aromatic nitrogens is 2. The van der Waals surface area contributed by atoms with Crippen molar-refractivity contribution in [1.82, 2.24) is 25.3 Å². The van der Waals surface area contributed by atoms with E-state index in [-0.39, 0.29) is 11.5 Å². The Hall–Kier alpha value is -4.09. The van der Waals surface area contributed by atoms with E-state index in [1.807, 2.05) is 37.3 Å². The van der Waals surface area contributed by atoms with Gasteiger partial charge in [0.15, 0.2) is 0 Å². The molecule has 5 N–H and O–H groups in total. The lowest BCUT2D eigenvalue weighted by Crippen LogP contribution is -2.51. The number of likely N-dealkylation sites (N-methyl/N-ethyl adjacent to an activating group) is 1. The first-order chi connectivity index (χ1) is 16.6. The van der Waals surface area contributed by atoms with Crippen LogP contribution in [-0.2, 0) is 22.6 Å². The van der Waals surface area contributed by atoms with Crippen molar-refractivity contribution in [2.24, 2.45) is 0 Å². The van der Waals surface area contributed by atoms with Gasteiger partial charge in [0.2, 0.25) is 0 Å². The van der Waals surface area contributed by atoms with Crippen molar-refractivity contribution in [3.63, 3.8) is 0 Å². The minimum absolute atomic E-state index is 0.0549. The molecule has 0 spiro atoms. The number of H-pyrrole nitrogens is 1. The zero-order valence-corrected chi connectivity index (χ0v) is 20.1. The van der Waals surface area contributed by atoms with Crippen molar-refractivity contribution >= 4 is 29.4 Å². The third-order valence-corrected chi connectivity index (χ3v) is 5.97. The quantitative estimate of drug-likeness (QED) is 0.352. The molecule has 12 nitrogen and oxygen atoms in total. The Bertz CT molecular complexity index is 1220. The highest BCUT2D eigenvalue weighted by Gasteiger charge is 2.48. The maximum Gasteiger partial charge on any atom is 0.344 e. The molecule has 0 bridgehead atoms. The van der Waals surface area contributed by atoms with E-state index in [0.717, 1.165) is 12.0 Å². The Morgan fingerprint density at radius 3 is 2.51 bits per heavy atom. The van der Waals surface area contributed by atoms with Gasteiger partial charge in [0.05, 0.1) is 6.54 Å². The van der Waals surface area contributed by atoms with Gasteiger partial charge in [0.1, 0.15) is 17.0 Å².